The van der Waals surface area contributed by atoms with Crippen molar-refractivity contribution in [2.45, 2.75) is 39.7 Å². The first-order valence-corrected chi connectivity index (χ1v) is 10.7. The molecule has 8 heteroatoms. The van der Waals surface area contributed by atoms with Crippen LogP contribution in [0.4, 0.5) is 0 Å². The summed E-state index contributed by atoms with van der Waals surface area (Å²) in [7, 11) is 1.63. The Bertz CT molecular complexity index is 897. The Morgan fingerprint density at radius 1 is 1.23 bits per heavy atom. The second-order valence-electron chi connectivity index (χ2n) is 7.83. The van der Waals surface area contributed by atoms with Gasteiger partial charge in [-0.3, -0.25) is 14.8 Å². The Labute approximate surface area is 182 Å². The van der Waals surface area contributed by atoms with Crippen LogP contribution in [0.3, 0.4) is 0 Å². The number of carbonyl (C=O) groups is 2. The summed E-state index contributed by atoms with van der Waals surface area (Å²) in [5.41, 5.74) is 1.50. The molecule has 0 spiro atoms. The molecule has 1 aliphatic rings. The second-order valence-corrected chi connectivity index (χ2v) is 7.83. The van der Waals surface area contributed by atoms with Crippen LogP contribution in [0.25, 0.3) is 0 Å². The zero-order valence-electron chi connectivity index (χ0n) is 18.5. The molecule has 0 amide bonds. The Balaban J connectivity index is 1.82. The highest BCUT2D eigenvalue weighted by Gasteiger charge is 2.43. The molecule has 0 saturated carbocycles. The molecule has 3 rings (SSSR count). The molecular formula is C23H31N3O5. The highest BCUT2D eigenvalue weighted by Crippen LogP contribution is 2.36. The summed E-state index contributed by atoms with van der Waals surface area (Å²) in [6.45, 7) is 6.10. The number of H-pyrrole nitrogens is 1. The van der Waals surface area contributed by atoms with E-state index in [0.717, 1.165) is 36.3 Å². The lowest BCUT2D eigenvalue weighted by molar-refractivity contribution is -0.159. The summed E-state index contributed by atoms with van der Waals surface area (Å²) >= 11 is 0. The predicted octanol–water partition coefficient (Wildman–Crippen LogP) is 2.98. The second kappa shape index (κ2) is 10.4. The zero-order valence-corrected chi connectivity index (χ0v) is 18.5. The number of hydrogen-bond acceptors (Lipinski definition) is 7. The first kappa shape index (κ1) is 22.8. The lowest BCUT2D eigenvalue weighted by Crippen LogP contribution is -2.49. The van der Waals surface area contributed by atoms with Crippen molar-refractivity contribution in [1.29, 1.82) is 0 Å². The number of carbonyl (C=O) groups excluding carboxylic acids is 2. The molecule has 2 aromatic rings. The summed E-state index contributed by atoms with van der Waals surface area (Å²) in [5, 5.41) is 6.76. The molecular weight excluding hydrogens is 398 g/mol. The molecule has 31 heavy (non-hydrogen) atoms. The maximum absolute atomic E-state index is 13.1. The van der Waals surface area contributed by atoms with Crippen LogP contribution in [0.1, 0.15) is 48.3 Å². The van der Waals surface area contributed by atoms with E-state index >= 15 is 0 Å². The number of likely N-dealkylation sites (tertiary alicyclic amines) is 1. The fourth-order valence-electron chi connectivity index (χ4n) is 4.25. The van der Waals surface area contributed by atoms with Crippen molar-refractivity contribution in [2.24, 2.45) is 5.41 Å². The van der Waals surface area contributed by atoms with Crippen LogP contribution in [0, 0.1) is 5.41 Å². The van der Waals surface area contributed by atoms with E-state index in [1.807, 2.05) is 31.2 Å². The van der Waals surface area contributed by atoms with E-state index in [2.05, 4.69) is 15.1 Å². The minimum absolute atomic E-state index is 0.180. The molecule has 168 valence electrons. The van der Waals surface area contributed by atoms with Crippen molar-refractivity contribution in [3.05, 3.63) is 47.3 Å². The van der Waals surface area contributed by atoms with Gasteiger partial charge in [-0.1, -0.05) is 12.1 Å². The Kier molecular flexibility index (Phi) is 7.68. The number of hydrogen-bond donors (Lipinski definition) is 1. The number of nitrogens with one attached hydrogen (secondary N) is 1. The van der Waals surface area contributed by atoms with Crippen molar-refractivity contribution >= 4 is 11.9 Å². The van der Waals surface area contributed by atoms with E-state index in [0.29, 0.717) is 38.4 Å². The predicted molar refractivity (Wildman–Crippen MR) is 115 cm³/mol. The summed E-state index contributed by atoms with van der Waals surface area (Å²) in [6, 6.07) is 7.81. The van der Waals surface area contributed by atoms with Gasteiger partial charge in [0.2, 0.25) is 0 Å². The monoisotopic (exact) mass is 429 g/mol. The highest BCUT2D eigenvalue weighted by atomic mass is 16.5. The van der Waals surface area contributed by atoms with Gasteiger partial charge in [-0.05, 0) is 57.4 Å². The minimum Gasteiger partial charge on any atom is -0.497 e. The van der Waals surface area contributed by atoms with Gasteiger partial charge in [0, 0.05) is 18.7 Å². The van der Waals surface area contributed by atoms with Crippen LogP contribution < -0.4 is 4.74 Å². The lowest BCUT2D eigenvalue weighted by Gasteiger charge is -2.41. The number of aromatic amines is 1. The van der Waals surface area contributed by atoms with E-state index in [1.165, 1.54) is 0 Å². The van der Waals surface area contributed by atoms with Crippen LogP contribution in [0.5, 0.6) is 5.75 Å². The summed E-state index contributed by atoms with van der Waals surface area (Å²) in [5.74, 6) is 0.169. The maximum atomic E-state index is 13.1. The van der Waals surface area contributed by atoms with Gasteiger partial charge in [0.25, 0.3) is 0 Å². The van der Waals surface area contributed by atoms with Gasteiger partial charge in [-0.2, -0.15) is 5.10 Å². The number of nitrogens with zero attached hydrogens (tertiary/aromatic N) is 2. The number of aromatic nitrogens is 2. The topological polar surface area (TPSA) is 93.8 Å². The van der Waals surface area contributed by atoms with Crippen molar-refractivity contribution in [3.63, 3.8) is 0 Å². The number of ether oxygens (including phenoxy) is 3. The number of rotatable bonds is 9. The van der Waals surface area contributed by atoms with Gasteiger partial charge in [0.1, 0.15) is 11.4 Å². The molecule has 0 radical (unpaired) electrons. The number of benzene rings is 1. The Morgan fingerprint density at radius 3 is 2.77 bits per heavy atom. The molecule has 0 bridgehead atoms. The van der Waals surface area contributed by atoms with Gasteiger partial charge in [-0.15, -0.1) is 0 Å². The SMILES string of the molecule is CCOC(=O)c1[nH]ncc1CN1CCCC(Cc2cccc(OC)c2)(C(=O)OCC)C1. The maximum Gasteiger partial charge on any atom is 0.356 e. The first-order chi connectivity index (χ1) is 15.0. The van der Waals surface area contributed by atoms with Gasteiger partial charge >= 0.3 is 11.9 Å². The van der Waals surface area contributed by atoms with Gasteiger partial charge in [0.15, 0.2) is 0 Å². The van der Waals surface area contributed by atoms with E-state index in [4.69, 9.17) is 14.2 Å². The van der Waals surface area contributed by atoms with E-state index < -0.39 is 11.4 Å². The molecule has 1 aromatic carbocycles. The number of methoxy groups -OCH3 is 1. The van der Waals surface area contributed by atoms with Crippen LogP contribution >= 0.6 is 0 Å². The third kappa shape index (κ3) is 5.44. The van der Waals surface area contributed by atoms with Crippen molar-refractivity contribution in [3.8, 4) is 5.75 Å². The Morgan fingerprint density at radius 2 is 2.03 bits per heavy atom. The molecule has 2 heterocycles. The van der Waals surface area contributed by atoms with E-state index in [-0.39, 0.29) is 5.97 Å². The number of esters is 2. The van der Waals surface area contributed by atoms with E-state index in [9.17, 15) is 9.59 Å². The van der Waals surface area contributed by atoms with Crippen LogP contribution in [-0.2, 0) is 27.2 Å². The van der Waals surface area contributed by atoms with Crippen LogP contribution in [0.2, 0.25) is 0 Å². The quantitative estimate of drug-likeness (QED) is 0.613. The van der Waals surface area contributed by atoms with Crippen LogP contribution in [-0.4, -0.2) is 60.4 Å². The van der Waals surface area contributed by atoms with Crippen molar-refractivity contribution in [2.75, 3.05) is 33.4 Å². The normalized spacial score (nSPS) is 19.1. The lowest BCUT2D eigenvalue weighted by atomic mass is 9.75. The third-order valence-corrected chi connectivity index (χ3v) is 5.63. The summed E-state index contributed by atoms with van der Waals surface area (Å²) in [6.07, 6.45) is 3.82. The smallest absolute Gasteiger partial charge is 0.356 e. The molecule has 1 N–H and O–H groups in total. The molecule has 1 saturated heterocycles. The Hall–Kier alpha value is -2.87. The van der Waals surface area contributed by atoms with E-state index in [1.54, 1.807) is 20.2 Å². The van der Waals surface area contributed by atoms with Crippen molar-refractivity contribution < 1.29 is 23.8 Å². The number of piperidine rings is 1. The molecule has 1 aliphatic heterocycles. The molecule has 1 aromatic heterocycles. The summed E-state index contributed by atoms with van der Waals surface area (Å²) in [4.78, 5) is 27.5. The molecule has 8 nitrogen and oxygen atoms in total. The molecule has 1 unspecified atom stereocenters. The van der Waals surface area contributed by atoms with Gasteiger partial charge in [-0.25, -0.2) is 4.79 Å². The largest absolute Gasteiger partial charge is 0.497 e. The minimum atomic E-state index is -0.658. The molecule has 1 fully saturated rings. The fourth-order valence-corrected chi connectivity index (χ4v) is 4.25. The molecule has 0 aliphatic carbocycles. The van der Waals surface area contributed by atoms with Crippen molar-refractivity contribution in [1.82, 2.24) is 15.1 Å². The average molecular weight is 430 g/mol. The van der Waals surface area contributed by atoms with Crippen LogP contribution in [0.15, 0.2) is 30.5 Å². The standard InChI is InChI=1S/C23H31N3O5/c1-4-30-21(27)20-18(14-24-25-20)15-26-11-7-10-23(16-26,22(28)31-5-2)13-17-8-6-9-19(12-17)29-3/h6,8-9,12,14H,4-5,7,10-11,13,15-16H2,1-3H3,(H,24,25). The fraction of sp³-hybridized carbons (Fsp3) is 0.522. The first-order valence-electron chi connectivity index (χ1n) is 10.7. The van der Waals surface area contributed by atoms with Gasteiger partial charge in [0.05, 0.1) is 31.9 Å². The average Bonchev–Trinajstić information content (AvgIpc) is 3.22. The summed E-state index contributed by atoms with van der Waals surface area (Å²) < 4.78 is 16.0. The zero-order chi connectivity index (χ0) is 22.3. The highest BCUT2D eigenvalue weighted by molar-refractivity contribution is 5.88. The molecule has 1 atom stereocenters. The third-order valence-electron chi connectivity index (χ3n) is 5.63. The van der Waals surface area contributed by atoms with Gasteiger partial charge < -0.3 is 14.2 Å².